The van der Waals surface area contributed by atoms with Gasteiger partial charge < -0.3 is 19.5 Å². The number of carbonyl (C=O) groups excluding carboxylic acids is 3. The Balaban J connectivity index is 1.64. The van der Waals surface area contributed by atoms with Crippen LogP contribution in [0.1, 0.15) is 58.4 Å². The Kier molecular flexibility index (Phi) is 7.83. The van der Waals surface area contributed by atoms with Crippen LogP contribution in [0.5, 0.6) is 0 Å². The minimum atomic E-state index is -1.02. The molecule has 2 fully saturated rings. The molecule has 2 aliphatic rings. The third-order valence-electron chi connectivity index (χ3n) is 6.20. The second-order valence-electron chi connectivity index (χ2n) is 9.53. The molecule has 0 aromatic heterocycles. The van der Waals surface area contributed by atoms with Crippen molar-refractivity contribution >= 4 is 29.4 Å². The fourth-order valence-corrected chi connectivity index (χ4v) is 4.56. The zero-order valence-corrected chi connectivity index (χ0v) is 19.7. The van der Waals surface area contributed by atoms with E-state index in [1.165, 1.54) is 0 Å². The summed E-state index contributed by atoms with van der Waals surface area (Å²) in [5, 5.41) is 3.23. The summed E-state index contributed by atoms with van der Waals surface area (Å²) in [6, 6.07) is 7.24. The summed E-state index contributed by atoms with van der Waals surface area (Å²) < 4.78 is 16.0. The number of rotatable bonds is 8. The number of Topliss-reactive ketones (excluding diaryl/α,β-unsaturated/α-hetero) is 1. The van der Waals surface area contributed by atoms with E-state index in [0.29, 0.717) is 31.1 Å². The van der Waals surface area contributed by atoms with Crippen LogP contribution in [0.25, 0.3) is 0 Å². The Bertz CT molecular complexity index is 853. The molecule has 1 aromatic rings. The molecule has 1 saturated carbocycles. The molecule has 1 heterocycles. The van der Waals surface area contributed by atoms with Crippen LogP contribution >= 0.6 is 11.6 Å². The molecule has 1 aliphatic carbocycles. The second kappa shape index (κ2) is 10.2. The van der Waals surface area contributed by atoms with E-state index < -0.39 is 23.8 Å². The topological polar surface area (TPSA) is 90.9 Å². The van der Waals surface area contributed by atoms with Gasteiger partial charge in [0.1, 0.15) is 5.78 Å². The maximum Gasteiger partial charge on any atom is 0.410 e. The van der Waals surface area contributed by atoms with E-state index in [4.69, 9.17) is 25.8 Å². The molecule has 1 aliphatic heterocycles. The van der Waals surface area contributed by atoms with Gasteiger partial charge in [0.2, 0.25) is 0 Å². The number of esters is 1. The van der Waals surface area contributed by atoms with Gasteiger partial charge in [-0.1, -0.05) is 57.0 Å². The molecule has 0 bridgehead atoms. The van der Waals surface area contributed by atoms with Crippen LogP contribution in [0, 0.1) is 11.3 Å². The molecule has 0 radical (unpaired) electrons. The summed E-state index contributed by atoms with van der Waals surface area (Å²) in [6.07, 6.45) is 1.17. The van der Waals surface area contributed by atoms with E-state index in [0.717, 1.165) is 18.4 Å². The predicted molar refractivity (Wildman–Crippen MR) is 119 cm³/mol. The van der Waals surface area contributed by atoms with E-state index in [-0.39, 0.29) is 30.1 Å². The molecule has 7 nitrogen and oxygen atoms in total. The SMILES string of the molecule is CC(C)[C@@H](OC(=O)CC1(C)COC1)OC(=O)NC[C@@]1(c2ccccc2Cl)CCCCC1=O. The Morgan fingerprint density at radius 2 is 1.91 bits per heavy atom. The van der Waals surface area contributed by atoms with Crippen molar-refractivity contribution < 1.29 is 28.6 Å². The summed E-state index contributed by atoms with van der Waals surface area (Å²) in [6.45, 7) is 6.64. The summed E-state index contributed by atoms with van der Waals surface area (Å²) in [7, 11) is 0. The van der Waals surface area contributed by atoms with Gasteiger partial charge in [-0.05, 0) is 24.5 Å². The Morgan fingerprint density at radius 3 is 2.50 bits per heavy atom. The average Bonchev–Trinajstić information content (AvgIpc) is 2.72. The van der Waals surface area contributed by atoms with E-state index in [1.54, 1.807) is 19.9 Å². The predicted octanol–water partition coefficient (Wildman–Crippen LogP) is 4.40. The van der Waals surface area contributed by atoms with Crippen LogP contribution in [-0.4, -0.2) is 43.9 Å². The van der Waals surface area contributed by atoms with Crippen LogP contribution in [0.4, 0.5) is 4.79 Å². The first kappa shape index (κ1) is 24.5. The van der Waals surface area contributed by atoms with Crippen molar-refractivity contribution in [2.45, 2.75) is 64.6 Å². The van der Waals surface area contributed by atoms with Crippen LogP contribution in [0.3, 0.4) is 0 Å². The van der Waals surface area contributed by atoms with Gasteiger partial charge in [-0.15, -0.1) is 0 Å². The highest BCUT2D eigenvalue weighted by molar-refractivity contribution is 6.31. The van der Waals surface area contributed by atoms with Gasteiger partial charge in [0.05, 0.1) is 25.0 Å². The number of nitrogens with one attached hydrogen (secondary N) is 1. The van der Waals surface area contributed by atoms with Gasteiger partial charge >= 0.3 is 12.1 Å². The van der Waals surface area contributed by atoms with E-state index >= 15 is 0 Å². The average molecular weight is 466 g/mol. The lowest BCUT2D eigenvalue weighted by molar-refractivity contribution is -0.185. The number of halogens is 1. The minimum absolute atomic E-state index is 0.0555. The number of ether oxygens (including phenoxy) is 3. The first-order chi connectivity index (χ1) is 15.2. The number of hydrogen-bond donors (Lipinski definition) is 1. The monoisotopic (exact) mass is 465 g/mol. The first-order valence-corrected chi connectivity index (χ1v) is 11.5. The lowest BCUT2D eigenvalue weighted by atomic mass is 9.68. The van der Waals surface area contributed by atoms with Gasteiger partial charge in [-0.25, -0.2) is 4.79 Å². The maximum absolute atomic E-state index is 13.0. The highest BCUT2D eigenvalue weighted by Gasteiger charge is 2.43. The van der Waals surface area contributed by atoms with Crippen molar-refractivity contribution in [3.8, 4) is 0 Å². The highest BCUT2D eigenvalue weighted by atomic mass is 35.5. The number of amides is 1. The molecule has 32 heavy (non-hydrogen) atoms. The smallest absolute Gasteiger partial charge is 0.410 e. The number of benzene rings is 1. The number of ketones is 1. The standard InChI is InChI=1S/C24H32ClNO6/c1-16(2)21(31-20(28)12-23(3)14-30-15-23)32-22(29)26-13-24(11-7-6-10-19(24)27)17-8-4-5-9-18(17)25/h4-5,8-9,16,21H,6-7,10-15H2,1-3H3,(H,26,29)/t21-,24+/m0/s1. The van der Waals surface area contributed by atoms with Crippen LogP contribution < -0.4 is 5.32 Å². The van der Waals surface area contributed by atoms with Crippen molar-refractivity contribution in [1.29, 1.82) is 0 Å². The van der Waals surface area contributed by atoms with Crippen LogP contribution in [0.15, 0.2) is 24.3 Å². The first-order valence-electron chi connectivity index (χ1n) is 11.2. The van der Waals surface area contributed by atoms with Crippen molar-refractivity contribution in [3.05, 3.63) is 34.9 Å². The molecule has 176 valence electrons. The van der Waals surface area contributed by atoms with E-state index in [9.17, 15) is 14.4 Å². The second-order valence-corrected chi connectivity index (χ2v) is 9.94. The molecule has 1 aromatic carbocycles. The van der Waals surface area contributed by atoms with Crippen molar-refractivity contribution in [3.63, 3.8) is 0 Å². The number of alkyl carbamates (subject to hydrolysis) is 1. The molecule has 2 atom stereocenters. The Morgan fingerprint density at radius 1 is 1.19 bits per heavy atom. The Hall–Kier alpha value is -2.12. The van der Waals surface area contributed by atoms with E-state index in [1.807, 2.05) is 25.1 Å². The largest absolute Gasteiger partial charge is 0.425 e. The van der Waals surface area contributed by atoms with E-state index in [2.05, 4.69) is 5.32 Å². The normalized spacial score (nSPS) is 23.2. The minimum Gasteiger partial charge on any atom is -0.425 e. The fourth-order valence-electron chi connectivity index (χ4n) is 4.25. The van der Waals surface area contributed by atoms with Gasteiger partial charge in [0.25, 0.3) is 6.29 Å². The van der Waals surface area contributed by atoms with Crippen LogP contribution in [-0.2, 0) is 29.2 Å². The van der Waals surface area contributed by atoms with Crippen molar-refractivity contribution in [1.82, 2.24) is 5.32 Å². The van der Waals surface area contributed by atoms with Gasteiger partial charge in [-0.3, -0.25) is 9.59 Å². The molecule has 0 unspecified atom stereocenters. The fraction of sp³-hybridized carbons (Fsp3) is 0.625. The van der Waals surface area contributed by atoms with Crippen molar-refractivity contribution in [2.24, 2.45) is 11.3 Å². The highest BCUT2D eigenvalue weighted by Crippen LogP contribution is 2.39. The molecule has 3 rings (SSSR count). The molecule has 0 spiro atoms. The number of carbonyl (C=O) groups is 3. The molecule has 1 amide bonds. The van der Waals surface area contributed by atoms with Crippen molar-refractivity contribution in [2.75, 3.05) is 19.8 Å². The van der Waals surface area contributed by atoms with Gasteiger partial charge in [0, 0.05) is 29.3 Å². The number of hydrogen-bond acceptors (Lipinski definition) is 6. The maximum atomic E-state index is 13.0. The lowest BCUT2D eigenvalue weighted by Crippen LogP contribution is -2.49. The summed E-state index contributed by atoms with van der Waals surface area (Å²) >= 11 is 6.42. The quantitative estimate of drug-likeness (QED) is 0.452. The van der Waals surface area contributed by atoms with Crippen LogP contribution in [0.2, 0.25) is 5.02 Å². The molecule has 8 heteroatoms. The van der Waals surface area contributed by atoms with Gasteiger partial charge in [0.15, 0.2) is 0 Å². The lowest BCUT2D eigenvalue weighted by Gasteiger charge is -2.37. The molecular weight excluding hydrogens is 434 g/mol. The summed E-state index contributed by atoms with van der Waals surface area (Å²) in [4.78, 5) is 37.9. The summed E-state index contributed by atoms with van der Waals surface area (Å²) in [5.74, 6) is -0.610. The zero-order chi connectivity index (χ0) is 23.4. The Labute approximate surface area is 194 Å². The molecule has 1 N–H and O–H groups in total. The summed E-state index contributed by atoms with van der Waals surface area (Å²) in [5.41, 5.74) is -0.406. The molecular formula is C24H32ClNO6. The zero-order valence-electron chi connectivity index (χ0n) is 18.9. The molecule has 1 saturated heterocycles. The third kappa shape index (κ3) is 5.62. The van der Waals surface area contributed by atoms with Gasteiger partial charge in [-0.2, -0.15) is 0 Å². The third-order valence-corrected chi connectivity index (χ3v) is 6.53.